The first kappa shape index (κ1) is 33.9. The average Bonchev–Trinajstić information content (AvgIpc) is 3.64. The van der Waals surface area contributed by atoms with Gasteiger partial charge in [-0.2, -0.15) is 0 Å². The molecule has 13 nitrogen and oxygen atoms in total. The van der Waals surface area contributed by atoms with Crippen molar-refractivity contribution in [2.45, 2.75) is 52.4 Å². The molecule has 4 heterocycles. The molecule has 3 aliphatic rings. The molecule has 0 saturated carbocycles. The Morgan fingerprint density at radius 3 is 2.23 bits per heavy atom. The highest BCUT2D eigenvalue weighted by Crippen LogP contribution is 2.27. The summed E-state index contributed by atoms with van der Waals surface area (Å²) in [5.41, 5.74) is 1.55. The lowest BCUT2D eigenvalue weighted by molar-refractivity contribution is -0.140. The van der Waals surface area contributed by atoms with Crippen molar-refractivity contribution in [3.05, 3.63) is 35.5 Å². The normalized spacial score (nSPS) is 17.1. The van der Waals surface area contributed by atoms with Gasteiger partial charge in [-0.3, -0.25) is 19.2 Å². The third kappa shape index (κ3) is 8.69. The van der Waals surface area contributed by atoms with E-state index in [4.69, 9.17) is 9.47 Å². The van der Waals surface area contributed by atoms with Crippen molar-refractivity contribution >= 4 is 40.6 Å². The molecule has 3 aliphatic heterocycles. The maximum atomic E-state index is 13.2. The summed E-state index contributed by atoms with van der Waals surface area (Å²) in [6, 6.07) is 7.08. The molecule has 3 fully saturated rings. The number of fused-ring (bicyclic) bond motifs is 1. The Balaban J connectivity index is 1.14. The van der Waals surface area contributed by atoms with Crippen molar-refractivity contribution in [1.82, 2.24) is 29.9 Å². The number of ether oxygens (including phenoxy) is 2. The molecule has 1 aromatic carbocycles. The van der Waals surface area contributed by atoms with Crippen LogP contribution in [0.3, 0.4) is 0 Å². The van der Waals surface area contributed by atoms with Crippen LogP contribution in [0.2, 0.25) is 0 Å². The topological polar surface area (TPSA) is 142 Å². The molecule has 1 N–H and O–H groups in total. The lowest BCUT2D eigenvalue weighted by Gasteiger charge is -2.34. The van der Waals surface area contributed by atoms with E-state index in [0.29, 0.717) is 75.4 Å². The molecule has 47 heavy (non-hydrogen) atoms. The molecule has 1 aromatic heterocycles. The van der Waals surface area contributed by atoms with Crippen LogP contribution in [-0.2, 0) is 19.1 Å². The number of hydrogen-bond acceptors (Lipinski definition) is 8. The largest absolute Gasteiger partial charge is 0.483 e. The van der Waals surface area contributed by atoms with Crippen LogP contribution in [0.4, 0.5) is 4.79 Å². The summed E-state index contributed by atoms with van der Waals surface area (Å²) in [5, 5.41) is 3.33. The number of carbonyl (C=O) groups is 5. The van der Waals surface area contributed by atoms with Crippen molar-refractivity contribution in [1.29, 1.82) is 0 Å². The fourth-order valence-electron chi connectivity index (χ4n) is 6.24. The molecule has 0 bridgehead atoms. The van der Waals surface area contributed by atoms with Crippen LogP contribution in [0, 0.1) is 12.8 Å². The molecule has 13 heteroatoms. The Bertz CT molecular complexity index is 1460. The number of nitrogens with zero attached hydrogens (tertiary/aromatic N) is 5. The summed E-state index contributed by atoms with van der Waals surface area (Å²) in [6.45, 7) is 7.98. The van der Waals surface area contributed by atoms with Crippen LogP contribution in [0.5, 0.6) is 5.75 Å². The molecular weight excluding hydrogens is 604 g/mol. The van der Waals surface area contributed by atoms with E-state index in [2.05, 4.69) is 10.3 Å². The van der Waals surface area contributed by atoms with E-state index in [1.165, 1.54) is 6.07 Å². The van der Waals surface area contributed by atoms with Crippen molar-refractivity contribution in [2.75, 3.05) is 72.1 Å². The lowest BCUT2D eigenvalue weighted by atomic mass is 9.95. The molecule has 0 spiro atoms. The molecule has 0 atom stereocenters. The SMILES string of the molecule is CCCCOC(=O)N1CCN(C(=O)CNC(=O)c2cc(OCC(=O)N3CCC(C(=O)N4CCCC4)CC3)c3ccc(C)cc3n2)CC1. The van der Waals surface area contributed by atoms with Gasteiger partial charge < -0.3 is 34.4 Å². The number of unbranched alkanes of at least 4 members (excludes halogenated alkanes) is 1. The molecule has 5 rings (SSSR count). The standard InChI is InChI=1S/C34H46N6O7/c1-3-4-19-46-34(45)40-17-15-38(16-18-40)30(41)22-35-32(43)28-21-29(26-8-7-24(2)20-27(26)36-28)47-23-31(42)37-13-9-25(10-14-37)33(44)39-11-5-6-12-39/h7-8,20-21,25H,3-6,9-19,22-23H2,1-2H3,(H,35,43). The average molecular weight is 651 g/mol. The molecule has 2 aromatic rings. The zero-order valence-corrected chi connectivity index (χ0v) is 27.5. The van der Waals surface area contributed by atoms with Crippen LogP contribution in [-0.4, -0.2) is 126 Å². The van der Waals surface area contributed by atoms with Gasteiger partial charge in [0.05, 0.1) is 18.7 Å². The van der Waals surface area contributed by atoms with E-state index < -0.39 is 5.91 Å². The van der Waals surface area contributed by atoms with Gasteiger partial charge in [-0.1, -0.05) is 19.4 Å². The monoisotopic (exact) mass is 650 g/mol. The first-order chi connectivity index (χ1) is 22.7. The highest BCUT2D eigenvalue weighted by molar-refractivity contribution is 5.98. The van der Waals surface area contributed by atoms with Crippen LogP contribution < -0.4 is 10.1 Å². The van der Waals surface area contributed by atoms with E-state index >= 15 is 0 Å². The number of piperidine rings is 1. The quantitative estimate of drug-likeness (QED) is 0.387. The second kappa shape index (κ2) is 15.9. The van der Waals surface area contributed by atoms with Gasteiger partial charge in [0, 0.05) is 69.7 Å². The van der Waals surface area contributed by atoms with Gasteiger partial charge in [-0.15, -0.1) is 0 Å². The minimum Gasteiger partial charge on any atom is -0.483 e. The van der Waals surface area contributed by atoms with Crippen LogP contribution >= 0.6 is 0 Å². The maximum Gasteiger partial charge on any atom is 0.409 e. The first-order valence-corrected chi connectivity index (χ1v) is 16.8. The molecule has 5 amide bonds. The van der Waals surface area contributed by atoms with Crippen molar-refractivity contribution in [3.63, 3.8) is 0 Å². The van der Waals surface area contributed by atoms with Crippen molar-refractivity contribution in [3.8, 4) is 5.75 Å². The summed E-state index contributed by atoms with van der Waals surface area (Å²) in [6.07, 6.45) is 4.78. The Kier molecular flexibility index (Phi) is 11.5. The molecule has 0 aliphatic carbocycles. The summed E-state index contributed by atoms with van der Waals surface area (Å²) in [7, 11) is 0. The predicted octanol–water partition coefficient (Wildman–Crippen LogP) is 2.59. The lowest BCUT2D eigenvalue weighted by Crippen LogP contribution is -2.52. The maximum absolute atomic E-state index is 13.2. The number of aryl methyl sites for hydroxylation is 1. The van der Waals surface area contributed by atoms with Crippen LogP contribution in [0.15, 0.2) is 24.3 Å². The number of benzene rings is 1. The molecule has 3 saturated heterocycles. The molecule has 0 unspecified atom stereocenters. The number of carbonyl (C=O) groups excluding carboxylic acids is 5. The van der Waals surface area contributed by atoms with E-state index in [9.17, 15) is 24.0 Å². The molecule has 254 valence electrons. The Labute approximate surface area is 275 Å². The van der Waals surface area contributed by atoms with Crippen LogP contribution in [0.25, 0.3) is 10.9 Å². The van der Waals surface area contributed by atoms with Gasteiger partial charge in [-0.05, 0) is 56.7 Å². The van der Waals surface area contributed by atoms with Gasteiger partial charge >= 0.3 is 6.09 Å². The zero-order chi connectivity index (χ0) is 33.3. The predicted molar refractivity (Wildman–Crippen MR) is 174 cm³/mol. The second-order valence-electron chi connectivity index (χ2n) is 12.5. The Morgan fingerprint density at radius 2 is 1.53 bits per heavy atom. The summed E-state index contributed by atoms with van der Waals surface area (Å²) >= 11 is 0. The van der Waals surface area contributed by atoms with Gasteiger partial charge in [0.2, 0.25) is 11.8 Å². The highest BCUT2D eigenvalue weighted by atomic mass is 16.6. The summed E-state index contributed by atoms with van der Waals surface area (Å²) in [4.78, 5) is 75.5. The smallest absolute Gasteiger partial charge is 0.409 e. The fourth-order valence-corrected chi connectivity index (χ4v) is 6.24. The summed E-state index contributed by atoms with van der Waals surface area (Å²) < 4.78 is 11.3. The number of rotatable bonds is 10. The third-order valence-electron chi connectivity index (χ3n) is 9.14. The first-order valence-electron chi connectivity index (χ1n) is 16.8. The number of pyridine rings is 1. The molecular formula is C34H46N6O7. The molecule has 0 radical (unpaired) electrons. The number of nitrogens with one attached hydrogen (secondary N) is 1. The minimum atomic E-state index is -0.541. The van der Waals surface area contributed by atoms with Gasteiger partial charge in [0.25, 0.3) is 11.8 Å². The third-order valence-corrected chi connectivity index (χ3v) is 9.14. The van der Waals surface area contributed by atoms with Crippen molar-refractivity contribution in [2.24, 2.45) is 5.92 Å². The fraction of sp³-hybridized carbons (Fsp3) is 0.588. The van der Waals surface area contributed by atoms with E-state index in [-0.39, 0.29) is 48.6 Å². The van der Waals surface area contributed by atoms with Gasteiger partial charge in [-0.25, -0.2) is 9.78 Å². The van der Waals surface area contributed by atoms with Crippen molar-refractivity contribution < 1.29 is 33.4 Å². The number of aromatic nitrogens is 1. The van der Waals surface area contributed by atoms with E-state index in [1.54, 1.807) is 14.7 Å². The van der Waals surface area contributed by atoms with Gasteiger partial charge in [0.1, 0.15) is 11.4 Å². The van der Waals surface area contributed by atoms with Crippen LogP contribution in [0.1, 0.15) is 61.5 Å². The Morgan fingerprint density at radius 1 is 0.851 bits per heavy atom. The van der Waals surface area contributed by atoms with E-state index in [0.717, 1.165) is 44.3 Å². The number of amides is 5. The van der Waals surface area contributed by atoms with Gasteiger partial charge in [0.15, 0.2) is 6.61 Å². The Hall–Kier alpha value is -4.42. The number of likely N-dealkylation sites (tertiary alicyclic amines) is 2. The number of piperazine rings is 1. The zero-order valence-electron chi connectivity index (χ0n) is 27.5. The summed E-state index contributed by atoms with van der Waals surface area (Å²) in [5.74, 6) is -0.468. The number of hydrogen-bond donors (Lipinski definition) is 1. The van der Waals surface area contributed by atoms with E-state index in [1.807, 2.05) is 36.9 Å². The second-order valence-corrected chi connectivity index (χ2v) is 12.5. The highest BCUT2D eigenvalue weighted by Gasteiger charge is 2.31. The minimum absolute atomic E-state index is 0.0397.